The largest absolute Gasteiger partial charge is 0.494 e. The Morgan fingerprint density at radius 3 is 2.72 bits per heavy atom. The van der Waals surface area contributed by atoms with E-state index < -0.39 is 5.60 Å². The van der Waals surface area contributed by atoms with E-state index in [-0.39, 0.29) is 12.5 Å². The Morgan fingerprint density at radius 1 is 1.61 bits per heavy atom. The van der Waals surface area contributed by atoms with E-state index in [2.05, 4.69) is 21.2 Å². The third kappa shape index (κ3) is 3.46. The van der Waals surface area contributed by atoms with E-state index in [0.29, 0.717) is 17.0 Å². The summed E-state index contributed by atoms with van der Waals surface area (Å²) < 4.78 is 6.02. The van der Waals surface area contributed by atoms with E-state index >= 15 is 0 Å². The summed E-state index contributed by atoms with van der Waals surface area (Å²) in [5.74, 6) is 0.325. The summed E-state index contributed by atoms with van der Waals surface area (Å²) in [5, 5.41) is 12.6. The molecule has 1 rings (SSSR count). The number of halogens is 1. The minimum atomic E-state index is -0.883. The van der Waals surface area contributed by atoms with Crippen molar-refractivity contribution >= 4 is 33.2 Å². The second-order valence-electron chi connectivity index (χ2n) is 4.37. The van der Waals surface area contributed by atoms with Gasteiger partial charge in [0.2, 0.25) is 0 Å². The van der Waals surface area contributed by atoms with Crippen LogP contribution in [0.4, 0.5) is 0 Å². The molecule has 0 aliphatic rings. The van der Waals surface area contributed by atoms with Crippen molar-refractivity contribution in [3.8, 4) is 5.75 Å². The Balaban J connectivity index is 2.82. The van der Waals surface area contributed by atoms with E-state index in [1.165, 1.54) is 18.4 Å². The maximum Gasteiger partial charge on any atom is 0.265 e. The summed E-state index contributed by atoms with van der Waals surface area (Å²) in [6, 6.07) is 0. The molecule has 0 fully saturated rings. The van der Waals surface area contributed by atoms with Crippen molar-refractivity contribution in [2.45, 2.75) is 32.8 Å². The molecule has 1 heterocycles. The molecule has 1 atom stereocenters. The zero-order valence-corrected chi connectivity index (χ0v) is 13.4. The van der Waals surface area contributed by atoms with Crippen molar-refractivity contribution in [2.75, 3.05) is 13.7 Å². The quantitative estimate of drug-likeness (QED) is 0.869. The fourth-order valence-electron chi connectivity index (χ4n) is 1.31. The molecule has 1 aromatic rings. The molecule has 6 heteroatoms. The summed E-state index contributed by atoms with van der Waals surface area (Å²) in [6.07, 6.45) is 0.581. The smallest absolute Gasteiger partial charge is 0.265 e. The monoisotopic (exact) mass is 335 g/mol. The number of thiophene rings is 1. The van der Waals surface area contributed by atoms with Gasteiger partial charge in [0.15, 0.2) is 5.75 Å². The average molecular weight is 336 g/mol. The van der Waals surface area contributed by atoms with E-state index in [0.717, 1.165) is 9.35 Å². The number of nitrogens with one attached hydrogen (secondary N) is 1. The van der Waals surface area contributed by atoms with Crippen LogP contribution in [-0.4, -0.2) is 30.3 Å². The normalized spacial score (nSPS) is 14.1. The van der Waals surface area contributed by atoms with Crippen molar-refractivity contribution in [3.05, 3.63) is 14.2 Å². The third-order valence-electron chi connectivity index (χ3n) is 2.77. The zero-order chi connectivity index (χ0) is 13.9. The van der Waals surface area contributed by atoms with Gasteiger partial charge in [-0.3, -0.25) is 4.79 Å². The predicted octanol–water partition coefficient (Wildman–Crippen LogP) is 2.72. The molecule has 0 saturated carbocycles. The molecule has 0 spiro atoms. The minimum Gasteiger partial charge on any atom is -0.494 e. The molecular formula is C12H18BrNO3S. The van der Waals surface area contributed by atoms with Crippen LogP contribution in [0.15, 0.2) is 4.47 Å². The van der Waals surface area contributed by atoms with Crippen LogP contribution < -0.4 is 10.1 Å². The lowest BCUT2D eigenvalue weighted by Gasteiger charge is -2.21. The van der Waals surface area contributed by atoms with Crippen LogP contribution in [0.5, 0.6) is 5.75 Å². The fraction of sp³-hybridized carbons (Fsp3) is 0.583. The van der Waals surface area contributed by atoms with Gasteiger partial charge in [0.1, 0.15) is 4.88 Å². The Bertz CT molecular complexity index is 443. The van der Waals surface area contributed by atoms with Crippen LogP contribution in [0.3, 0.4) is 0 Å². The van der Waals surface area contributed by atoms with E-state index in [4.69, 9.17) is 4.74 Å². The van der Waals surface area contributed by atoms with E-state index in [1.54, 1.807) is 6.92 Å². The number of carbonyl (C=O) groups is 1. The van der Waals surface area contributed by atoms with Gasteiger partial charge in [0, 0.05) is 11.4 Å². The van der Waals surface area contributed by atoms with Gasteiger partial charge in [-0.1, -0.05) is 6.92 Å². The molecule has 0 radical (unpaired) electrons. The van der Waals surface area contributed by atoms with Crippen molar-refractivity contribution in [3.63, 3.8) is 0 Å². The molecule has 1 aromatic heterocycles. The molecule has 0 bridgehead atoms. The minimum absolute atomic E-state index is 0.222. The first-order valence-electron chi connectivity index (χ1n) is 5.66. The topological polar surface area (TPSA) is 58.6 Å². The van der Waals surface area contributed by atoms with Gasteiger partial charge in [-0.05, 0) is 36.2 Å². The maximum absolute atomic E-state index is 12.0. The van der Waals surface area contributed by atoms with Crippen LogP contribution >= 0.6 is 27.3 Å². The van der Waals surface area contributed by atoms with Gasteiger partial charge in [-0.2, -0.15) is 0 Å². The molecule has 4 nitrogen and oxygen atoms in total. The highest BCUT2D eigenvalue weighted by Gasteiger charge is 2.23. The lowest BCUT2D eigenvalue weighted by atomic mass is 10.0. The number of aryl methyl sites for hydroxylation is 1. The number of ether oxygens (including phenoxy) is 1. The van der Waals surface area contributed by atoms with Crippen molar-refractivity contribution < 1.29 is 14.6 Å². The summed E-state index contributed by atoms with van der Waals surface area (Å²) in [6.45, 7) is 5.70. The first-order valence-corrected chi connectivity index (χ1v) is 7.26. The number of methoxy groups -OCH3 is 1. The van der Waals surface area contributed by atoms with Gasteiger partial charge in [0.05, 0.1) is 17.2 Å². The number of carbonyl (C=O) groups excluding carboxylic acids is 1. The summed E-state index contributed by atoms with van der Waals surface area (Å²) in [4.78, 5) is 13.5. The highest BCUT2D eigenvalue weighted by Crippen LogP contribution is 2.38. The number of hydrogen-bond donors (Lipinski definition) is 2. The molecule has 0 aliphatic heterocycles. The van der Waals surface area contributed by atoms with Crippen LogP contribution in [0, 0.1) is 6.92 Å². The maximum atomic E-state index is 12.0. The van der Waals surface area contributed by atoms with Crippen molar-refractivity contribution in [2.24, 2.45) is 0 Å². The average Bonchev–Trinajstić information content (AvgIpc) is 2.62. The van der Waals surface area contributed by atoms with Crippen LogP contribution in [0.25, 0.3) is 0 Å². The number of rotatable bonds is 5. The zero-order valence-electron chi connectivity index (χ0n) is 11.0. The molecule has 18 heavy (non-hydrogen) atoms. The first-order chi connectivity index (χ1) is 8.32. The summed E-state index contributed by atoms with van der Waals surface area (Å²) in [7, 11) is 1.53. The molecule has 2 N–H and O–H groups in total. The Morgan fingerprint density at radius 2 is 2.22 bits per heavy atom. The molecule has 102 valence electrons. The van der Waals surface area contributed by atoms with Gasteiger partial charge in [-0.25, -0.2) is 0 Å². The molecule has 0 aromatic carbocycles. The Hall–Kier alpha value is -0.590. The summed E-state index contributed by atoms with van der Waals surface area (Å²) in [5.41, 5.74) is -0.883. The summed E-state index contributed by atoms with van der Waals surface area (Å²) >= 11 is 4.76. The molecular weight excluding hydrogens is 318 g/mol. The second kappa shape index (κ2) is 6.04. The Labute approximate surface area is 119 Å². The van der Waals surface area contributed by atoms with E-state index in [9.17, 15) is 9.90 Å². The van der Waals surface area contributed by atoms with Crippen LogP contribution in [0.1, 0.15) is 34.8 Å². The predicted molar refractivity (Wildman–Crippen MR) is 76.6 cm³/mol. The van der Waals surface area contributed by atoms with Gasteiger partial charge in [0.25, 0.3) is 5.91 Å². The third-order valence-corrected chi connectivity index (χ3v) is 5.07. The van der Waals surface area contributed by atoms with Crippen LogP contribution in [0.2, 0.25) is 0 Å². The molecule has 0 aliphatic carbocycles. The molecule has 0 saturated heterocycles. The van der Waals surface area contributed by atoms with Crippen molar-refractivity contribution in [1.29, 1.82) is 0 Å². The van der Waals surface area contributed by atoms with E-state index in [1.807, 2.05) is 13.8 Å². The van der Waals surface area contributed by atoms with Crippen molar-refractivity contribution in [1.82, 2.24) is 5.32 Å². The lowest BCUT2D eigenvalue weighted by molar-refractivity contribution is 0.0518. The highest BCUT2D eigenvalue weighted by molar-refractivity contribution is 9.10. The number of amides is 1. The van der Waals surface area contributed by atoms with Gasteiger partial charge in [-0.15, -0.1) is 11.3 Å². The highest BCUT2D eigenvalue weighted by atomic mass is 79.9. The standard InChI is InChI=1S/C12H18BrNO3S/c1-5-12(3,16)6-14-11(15)10-9(17-4)8(13)7(2)18-10/h16H,5-6H2,1-4H3,(H,14,15)/t12-/m1/s1. The first kappa shape index (κ1) is 15.5. The van der Waals surface area contributed by atoms with Gasteiger partial charge < -0.3 is 15.2 Å². The van der Waals surface area contributed by atoms with Crippen LogP contribution in [-0.2, 0) is 0 Å². The second-order valence-corrected chi connectivity index (χ2v) is 6.39. The number of aliphatic hydroxyl groups is 1. The fourth-order valence-corrected chi connectivity index (χ4v) is 2.98. The Kier molecular flexibility index (Phi) is 5.19. The van der Waals surface area contributed by atoms with Gasteiger partial charge >= 0.3 is 0 Å². The SMILES string of the molecule is CC[C@@](C)(O)CNC(=O)c1sc(C)c(Br)c1OC. The lowest BCUT2D eigenvalue weighted by Crippen LogP contribution is -2.39. The molecule has 0 unspecified atom stereocenters. The molecule has 1 amide bonds. The number of hydrogen-bond acceptors (Lipinski definition) is 4.